The molecule has 0 atom stereocenters. The molecule has 0 amide bonds. The van der Waals surface area contributed by atoms with E-state index in [1.165, 1.54) is 5.56 Å². The van der Waals surface area contributed by atoms with Crippen molar-refractivity contribution in [3.05, 3.63) is 35.9 Å². The Morgan fingerprint density at radius 3 is 2.06 bits per heavy atom. The molecule has 0 aliphatic carbocycles. The molecule has 0 fully saturated rings. The summed E-state index contributed by atoms with van der Waals surface area (Å²) >= 11 is 0. The molecular weight excluding hydrogens is 208 g/mol. The van der Waals surface area contributed by atoms with E-state index in [1.807, 2.05) is 52.8 Å². The van der Waals surface area contributed by atoms with Gasteiger partial charge < -0.3 is 5.32 Å². The SMILES string of the molecule is CC.CC.CCNC(C)=NCc1ccccc1. The Balaban J connectivity index is 0. The maximum absolute atomic E-state index is 4.39. The standard InChI is InChI=1S/C11H16N2.2C2H6/c1-3-12-10(2)13-9-11-7-5-4-6-8-11;2*1-2/h4-8H,3,9H2,1-2H3,(H,12,13);2*1-2H3. The summed E-state index contributed by atoms with van der Waals surface area (Å²) in [6.45, 7) is 13.8. The molecule has 1 aromatic carbocycles. The molecule has 0 unspecified atom stereocenters. The number of hydrogen-bond acceptors (Lipinski definition) is 1. The monoisotopic (exact) mass is 236 g/mol. The lowest BCUT2D eigenvalue weighted by atomic mass is 10.2. The fraction of sp³-hybridized carbons (Fsp3) is 0.533. The Labute approximate surface area is 107 Å². The maximum atomic E-state index is 4.39. The van der Waals surface area contributed by atoms with Crippen molar-refractivity contribution in [1.29, 1.82) is 0 Å². The van der Waals surface area contributed by atoms with E-state index in [-0.39, 0.29) is 0 Å². The van der Waals surface area contributed by atoms with E-state index in [0.717, 1.165) is 18.9 Å². The van der Waals surface area contributed by atoms with Crippen molar-refractivity contribution in [3.63, 3.8) is 0 Å². The summed E-state index contributed by atoms with van der Waals surface area (Å²) in [5, 5.41) is 3.17. The summed E-state index contributed by atoms with van der Waals surface area (Å²) < 4.78 is 0. The van der Waals surface area contributed by atoms with Gasteiger partial charge in [0.1, 0.15) is 0 Å². The average molecular weight is 236 g/mol. The van der Waals surface area contributed by atoms with Gasteiger partial charge in [0.05, 0.1) is 12.4 Å². The van der Waals surface area contributed by atoms with E-state index >= 15 is 0 Å². The van der Waals surface area contributed by atoms with Crippen LogP contribution in [0.5, 0.6) is 0 Å². The summed E-state index contributed by atoms with van der Waals surface area (Å²) in [7, 11) is 0. The van der Waals surface area contributed by atoms with E-state index in [0.29, 0.717) is 0 Å². The van der Waals surface area contributed by atoms with Crippen LogP contribution in [-0.4, -0.2) is 12.4 Å². The van der Waals surface area contributed by atoms with Gasteiger partial charge in [-0.1, -0.05) is 58.0 Å². The van der Waals surface area contributed by atoms with Crippen molar-refractivity contribution in [2.24, 2.45) is 4.99 Å². The molecule has 0 spiro atoms. The molecule has 0 aliphatic rings. The van der Waals surface area contributed by atoms with Crippen LogP contribution in [0.2, 0.25) is 0 Å². The van der Waals surface area contributed by atoms with Crippen molar-refractivity contribution < 1.29 is 0 Å². The van der Waals surface area contributed by atoms with E-state index < -0.39 is 0 Å². The predicted octanol–water partition coefficient (Wildman–Crippen LogP) is 4.27. The van der Waals surface area contributed by atoms with Gasteiger partial charge in [-0.15, -0.1) is 0 Å². The molecule has 98 valence electrons. The van der Waals surface area contributed by atoms with Gasteiger partial charge >= 0.3 is 0 Å². The van der Waals surface area contributed by atoms with E-state index in [1.54, 1.807) is 0 Å². The number of nitrogens with one attached hydrogen (secondary N) is 1. The lowest BCUT2D eigenvalue weighted by molar-refractivity contribution is 0.932. The van der Waals surface area contributed by atoms with Crippen LogP contribution in [0.4, 0.5) is 0 Å². The number of rotatable bonds is 3. The van der Waals surface area contributed by atoms with Gasteiger partial charge in [-0.2, -0.15) is 0 Å². The Bertz CT molecular complexity index is 266. The van der Waals surface area contributed by atoms with Crippen LogP contribution in [0.1, 0.15) is 47.1 Å². The van der Waals surface area contributed by atoms with Gasteiger partial charge in [0.2, 0.25) is 0 Å². The normalized spacial score (nSPS) is 9.41. The Morgan fingerprint density at radius 1 is 1.06 bits per heavy atom. The molecule has 0 saturated carbocycles. The highest BCUT2D eigenvalue weighted by Crippen LogP contribution is 1.99. The number of benzene rings is 1. The van der Waals surface area contributed by atoms with E-state index in [4.69, 9.17) is 0 Å². The quantitative estimate of drug-likeness (QED) is 0.615. The largest absolute Gasteiger partial charge is 0.374 e. The van der Waals surface area contributed by atoms with Gasteiger partial charge in [0, 0.05) is 6.54 Å². The molecule has 2 nitrogen and oxygen atoms in total. The van der Waals surface area contributed by atoms with Crippen LogP contribution in [0.3, 0.4) is 0 Å². The second-order valence-electron chi connectivity index (χ2n) is 2.92. The molecule has 17 heavy (non-hydrogen) atoms. The molecule has 0 bridgehead atoms. The van der Waals surface area contributed by atoms with Gasteiger partial charge in [-0.25, -0.2) is 0 Å². The summed E-state index contributed by atoms with van der Waals surface area (Å²) in [6, 6.07) is 10.3. The van der Waals surface area contributed by atoms with Crippen molar-refractivity contribution in [3.8, 4) is 0 Å². The molecule has 1 rings (SSSR count). The zero-order chi connectivity index (χ0) is 13.5. The van der Waals surface area contributed by atoms with Crippen LogP contribution in [0.15, 0.2) is 35.3 Å². The van der Waals surface area contributed by atoms with Crippen LogP contribution < -0.4 is 5.32 Å². The molecule has 0 heterocycles. The molecular formula is C15H28N2. The number of aliphatic imine (C=N–C) groups is 1. The lowest BCUT2D eigenvalue weighted by Crippen LogP contribution is -2.19. The second kappa shape index (κ2) is 14.7. The summed E-state index contributed by atoms with van der Waals surface area (Å²) in [5.41, 5.74) is 1.25. The Kier molecular flexibility index (Phi) is 15.6. The third kappa shape index (κ3) is 11.0. The molecule has 0 aliphatic heterocycles. The topological polar surface area (TPSA) is 24.4 Å². The van der Waals surface area contributed by atoms with E-state index in [9.17, 15) is 0 Å². The van der Waals surface area contributed by atoms with Crippen LogP contribution >= 0.6 is 0 Å². The minimum absolute atomic E-state index is 0.764. The third-order valence-electron chi connectivity index (χ3n) is 1.77. The number of nitrogens with zero attached hydrogens (tertiary/aromatic N) is 1. The first-order valence-corrected chi connectivity index (χ1v) is 6.61. The fourth-order valence-corrected chi connectivity index (χ4v) is 1.11. The molecule has 0 radical (unpaired) electrons. The third-order valence-corrected chi connectivity index (χ3v) is 1.77. The highest BCUT2D eigenvalue weighted by molar-refractivity contribution is 5.79. The van der Waals surface area contributed by atoms with Crippen LogP contribution in [0, 0.1) is 0 Å². The molecule has 1 aromatic rings. The summed E-state index contributed by atoms with van der Waals surface area (Å²) in [6.07, 6.45) is 0. The minimum atomic E-state index is 0.764. The first-order valence-electron chi connectivity index (χ1n) is 6.61. The first kappa shape index (κ1) is 18.1. The van der Waals surface area contributed by atoms with Gasteiger partial charge in [-0.05, 0) is 19.4 Å². The first-order chi connectivity index (χ1) is 8.33. The van der Waals surface area contributed by atoms with Crippen molar-refractivity contribution >= 4 is 5.84 Å². The van der Waals surface area contributed by atoms with Crippen LogP contribution in [0.25, 0.3) is 0 Å². The summed E-state index contributed by atoms with van der Waals surface area (Å²) in [4.78, 5) is 4.39. The van der Waals surface area contributed by atoms with Gasteiger partial charge in [-0.3, -0.25) is 4.99 Å². The second-order valence-corrected chi connectivity index (χ2v) is 2.92. The predicted molar refractivity (Wildman–Crippen MR) is 79.6 cm³/mol. The van der Waals surface area contributed by atoms with Crippen molar-refractivity contribution in [1.82, 2.24) is 5.32 Å². The maximum Gasteiger partial charge on any atom is 0.0935 e. The average Bonchev–Trinajstić information content (AvgIpc) is 2.43. The summed E-state index contributed by atoms with van der Waals surface area (Å²) in [5.74, 6) is 1.01. The zero-order valence-electron chi connectivity index (χ0n) is 12.2. The molecule has 0 saturated heterocycles. The number of hydrogen-bond donors (Lipinski definition) is 1. The molecule has 0 aromatic heterocycles. The Hall–Kier alpha value is -1.31. The lowest BCUT2D eigenvalue weighted by Gasteiger charge is -2.01. The molecule has 1 N–H and O–H groups in total. The Morgan fingerprint density at radius 2 is 1.59 bits per heavy atom. The van der Waals surface area contributed by atoms with Crippen molar-refractivity contribution in [2.45, 2.75) is 48.1 Å². The number of amidine groups is 1. The van der Waals surface area contributed by atoms with Crippen molar-refractivity contribution in [2.75, 3.05) is 6.54 Å². The van der Waals surface area contributed by atoms with Gasteiger partial charge in [0.25, 0.3) is 0 Å². The zero-order valence-corrected chi connectivity index (χ0v) is 12.2. The highest BCUT2D eigenvalue weighted by atomic mass is 15.0. The van der Waals surface area contributed by atoms with E-state index in [2.05, 4.69) is 29.4 Å². The molecule has 2 heteroatoms. The smallest absolute Gasteiger partial charge is 0.0935 e. The van der Waals surface area contributed by atoms with Crippen LogP contribution in [-0.2, 0) is 6.54 Å². The van der Waals surface area contributed by atoms with Gasteiger partial charge in [0.15, 0.2) is 0 Å². The highest BCUT2D eigenvalue weighted by Gasteiger charge is 1.89. The minimum Gasteiger partial charge on any atom is -0.374 e. The fourth-order valence-electron chi connectivity index (χ4n) is 1.11.